The van der Waals surface area contributed by atoms with E-state index in [9.17, 15) is 4.79 Å². The van der Waals surface area contributed by atoms with Crippen LogP contribution in [0.4, 0.5) is 17.1 Å². The Balaban J connectivity index is 1.35. The smallest absolute Gasteiger partial charge is 0.227 e. The molecular weight excluding hydrogens is 334 g/mol. The van der Waals surface area contributed by atoms with Crippen LogP contribution in [0.3, 0.4) is 0 Å². The molecule has 1 amide bonds. The van der Waals surface area contributed by atoms with E-state index >= 15 is 0 Å². The van der Waals surface area contributed by atoms with Crippen LogP contribution in [0.25, 0.3) is 0 Å². The minimum atomic E-state index is 0.177. The quantitative estimate of drug-likeness (QED) is 0.876. The minimum absolute atomic E-state index is 0.177. The zero-order valence-electron chi connectivity index (χ0n) is 16.4. The van der Waals surface area contributed by atoms with Gasteiger partial charge in [0.15, 0.2) is 0 Å². The van der Waals surface area contributed by atoms with E-state index in [2.05, 4.69) is 59.3 Å². The van der Waals surface area contributed by atoms with Gasteiger partial charge in [-0.3, -0.25) is 4.79 Å². The van der Waals surface area contributed by atoms with E-state index in [0.717, 1.165) is 44.7 Å². The lowest BCUT2D eigenvalue weighted by molar-refractivity contribution is -0.122. The van der Waals surface area contributed by atoms with Crippen molar-refractivity contribution in [1.29, 1.82) is 0 Å². The molecule has 0 aromatic heterocycles. The molecule has 1 N–H and O–H groups in total. The highest BCUT2D eigenvalue weighted by Crippen LogP contribution is 2.29. The first-order valence-corrected chi connectivity index (χ1v) is 10.1. The maximum Gasteiger partial charge on any atom is 0.227 e. The molecule has 1 saturated heterocycles. The minimum Gasteiger partial charge on any atom is -0.368 e. The van der Waals surface area contributed by atoms with Gasteiger partial charge in [0.25, 0.3) is 0 Å². The van der Waals surface area contributed by atoms with Crippen LogP contribution < -0.4 is 15.1 Å². The number of anilines is 3. The monoisotopic (exact) mass is 363 g/mol. The molecule has 2 aromatic carbocycles. The van der Waals surface area contributed by atoms with Gasteiger partial charge in [0.05, 0.1) is 0 Å². The summed E-state index contributed by atoms with van der Waals surface area (Å²) in [5, 5.41) is 3.05. The first kappa shape index (κ1) is 17.9. The van der Waals surface area contributed by atoms with E-state index in [0.29, 0.717) is 0 Å². The van der Waals surface area contributed by atoms with Gasteiger partial charge >= 0.3 is 0 Å². The lowest BCUT2D eigenvalue weighted by Crippen LogP contribution is -2.46. The number of amides is 1. The summed E-state index contributed by atoms with van der Waals surface area (Å²) in [7, 11) is 0. The molecule has 0 spiro atoms. The van der Waals surface area contributed by atoms with Gasteiger partial charge in [0, 0.05) is 49.2 Å². The van der Waals surface area contributed by atoms with Crippen LogP contribution in [0, 0.1) is 19.8 Å². The van der Waals surface area contributed by atoms with Gasteiger partial charge in [0.2, 0.25) is 5.91 Å². The fourth-order valence-electron chi connectivity index (χ4n) is 3.95. The Hall–Kier alpha value is -2.49. The Morgan fingerprint density at radius 2 is 1.59 bits per heavy atom. The van der Waals surface area contributed by atoms with Crippen molar-refractivity contribution in [2.24, 2.45) is 5.92 Å². The number of piperazine rings is 1. The van der Waals surface area contributed by atoms with Crippen LogP contribution in [-0.2, 0) is 4.79 Å². The third-order valence-electron chi connectivity index (χ3n) is 6.17. The number of rotatable bonds is 4. The predicted octanol–water partition coefficient (Wildman–Crippen LogP) is 4.37. The lowest BCUT2D eigenvalue weighted by atomic mass is 9.85. The predicted molar refractivity (Wildman–Crippen MR) is 113 cm³/mol. The molecule has 2 fully saturated rings. The summed E-state index contributed by atoms with van der Waals surface area (Å²) in [4.78, 5) is 17.0. The summed E-state index contributed by atoms with van der Waals surface area (Å²) in [6, 6.07) is 14.9. The number of hydrogen-bond acceptors (Lipinski definition) is 3. The van der Waals surface area contributed by atoms with Crippen molar-refractivity contribution in [1.82, 2.24) is 0 Å². The Morgan fingerprint density at radius 1 is 0.926 bits per heavy atom. The molecule has 27 heavy (non-hydrogen) atoms. The third kappa shape index (κ3) is 3.80. The molecular formula is C23H29N3O. The average molecular weight is 364 g/mol. The lowest BCUT2D eigenvalue weighted by Gasteiger charge is -2.38. The second kappa shape index (κ2) is 7.63. The third-order valence-corrected chi connectivity index (χ3v) is 6.17. The topological polar surface area (TPSA) is 35.6 Å². The van der Waals surface area contributed by atoms with E-state index in [1.54, 1.807) is 0 Å². The Bertz CT molecular complexity index is 803. The molecule has 4 rings (SSSR count). The van der Waals surface area contributed by atoms with Gasteiger partial charge in [-0.25, -0.2) is 0 Å². The molecule has 0 bridgehead atoms. The first-order valence-electron chi connectivity index (χ1n) is 10.1. The van der Waals surface area contributed by atoms with Crippen molar-refractivity contribution in [3.63, 3.8) is 0 Å². The summed E-state index contributed by atoms with van der Waals surface area (Å²) in [5.74, 6) is 0.402. The standard InChI is InChI=1S/C23H29N3O/c1-17-5-3-8-22(18(17)2)26-15-13-25(14-16-26)21-11-9-20(10-12-21)24-23(27)19-6-4-7-19/h3,5,8-12,19H,4,6-7,13-16H2,1-2H3,(H,24,27). The van der Waals surface area contributed by atoms with Crippen LogP contribution in [0.2, 0.25) is 0 Å². The van der Waals surface area contributed by atoms with Gasteiger partial charge in [-0.2, -0.15) is 0 Å². The summed E-state index contributed by atoms with van der Waals surface area (Å²) < 4.78 is 0. The molecule has 0 unspecified atom stereocenters. The van der Waals surface area contributed by atoms with Gasteiger partial charge < -0.3 is 15.1 Å². The molecule has 1 saturated carbocycles. The number of carbonyl (C=O) groups excluding carboxylic acids is 1. The normalized spacial score (nSPS) is 17.6. The highest BCUT2D eigenvalue weighted by atomic mass is 16.1. The molecule has 1 heterocycles. The summed E-state index contributed by atoms with van der Waals surface area (Å²) in [5.41, 5.74) is 6.25. The van der Waals surface area contributed by atoms with Crippen molar-refractivity contribution in [2.45, 2.75) is 33.1 Å². The van der Waals surface area contributed by atoms with Crippen LogP contribution in [0.1, 0.15) is 30.4 Å². The van der Waals surface area contributed by atoms with Gasteiger partial charge in [0.1, 0.15) is 0 Å². The van der Waals surface area contributed by atoms with Gasteiger partial charge in [-0.15, -0.1) is 0 Å². The van der Waals surface area contributed by atoms with E-state index < -0.39 is 0 Å². The fourth-order valence-corrected chi connectivity index (χ4v) is 3.95. The van der Waals surface area contributed by atoms with Gasteiger partial charge in [-0.1, -0.05) is 18.6 Å². The zero-order chi connectivity index (χ0) is 18.8. The molecule has 1 aliphatic carbocycles. The number of nitrogens with zero attached hydrogens (tertiary/aromatic N) is 2. The van der Waals surface area contributed by atoms with Crippen LogP contribution >= 0.6 is 0 Å². The van der Waals surface area contributed by atoms with Crippen LogP contribution in [0.5, 0.6) is 0 Å². The van der Waals surface area contributed by atoms with Gasteiger partial charge in [-0.05, 0) is 68.1 Å². The highest BCUT2D eigenvalue weighted by Gasteiger charge is 2.25. The van der Waals surface area contributed by atoms with E-state index in [1.807, 2.05) is 12.1 Å². The van der Waals surface area contributed by atoms with E-state index in [4.69, 9.17) is 0 Å². The van der Waals surface area contributed by atoms with Crippen LogP contribution in [-0.4, -0.2) is 32.1 Å². The van der Waals surface area contributed by atoms with Crippen molar-refractivity contribution in [2.75, 3.05) is 41.3 Å². The Morgan fingerprint density at radius 3 is 2.22 bits per heavy atom. The van der Waals surface area contributed by atoms with Crippen molar-refractivity contribution in [3.05, 3.63) is 53.6 Å². The van der Waals surface area contributed by atoms with E-state index in [1.165, 1.54) is 28.9 Å². The SMILES string of the molecule is Cc1cccc(N2CCN(c3ccc(NC(=O)C4CCC4)cc3)CC2)c1C. The van der Waals surface area contributed by atoms with Crippen molar-refractivity contribution in [3.8, 4) is 0 Å². The number of aryl methyl sites for hydroxylation is 1. The summed E-state index contributed by atoms with van der Waals surface area (Å²) in [6.07, 6.45) is 3.26. The fraction of sp³-hybridized carbons (Fsp3) is 0.435. The summed E-state index contributed by atoms with van der Waals surface area (Å²) >= 11 is 0. The molecule has 2 aromatic rings. The average Bonchev–Trinajstić information content (AvgIpc) is 2.63. The number of nitrogens with one attached hydrogen (secondary N) is 1. The molecule has 0 radical (unpaired) electrons. The van der Waals surface area contributed by atoms with E-state index in [-0.39, 0.29) is 11.8 Å². The van der Waals surface area contributed by atoms with Crippen LogP contribution in [0.15, 0.2) is 42.5 Å². The highest BCUT2D eigenvalue weighted by molar-refractivity contribution is 5.93. The molecule has 2 aliphatic rings. The molecule has 4 heteroatoms. The molecule has 1 aliphatic heterocycles. The Labute approximate surface area is 162 Å². The Kier molecular flexibility index (Phi) is 5.06. The maximum atomic E-state index is 12.1. The molecule has 142 valence electrons. The zero-order valence-corrected chi connectivity index (χ0v) is 16.4. The maximum absolute atomic E-state index is 12.1. The number of carbonyl (C=O) groups is 1. The summed E-state index contributed by atoms with van der Waals surface area (Å²) in [6.45, 7) is 8.49. The molecule has 0 atom stereocenters. The number of benzene rings is 2. The van der Waals surface area contributed by atoms with Crippen molar-refractivity contribution >= 4 is 23.0 Å². The first-order chi connectivity index (χ1) is 13.1. The molecule has 4 nitrogen and oxygen atoms in total. The largest absolute Gasteiger partial charge is 0.368 e. The second-order valence-electron chi connectivity index (χ2n) is 7.86. The second-order valence-corrected chi connectivity index (χ2v) is 7.86. The number of hydrogen-bond donors (Lipinski definition) is 1. The van der Waals surface area contributed by atoms with Crippen molar-refractivity contribution < 1.29 is 4.79 Å².